The number of nitrogens with zero attached hydrogens (tertiary/aromatic N) is 1. The van der Waals surface area contributed by atoms with Gasteiger partial charge >= 0.3 is 0 Å². The first-order chi connectivity index (χ1) is 13.6. The van der Waals surface area contributed by atoms with Crippen molar-refractivity contribution >= 4 is 5.91 Å². The second-order valence-electron chi connectivity index (χ2n) is 9.43. The highest BCUT2D eigenvalue weighted by molar-refractivity contribution is 5.93. The lowest BCUT2D eigenvalue weighted by molar-refractivity contribution is 0.0827. The zero-order chi connectivity index (χ0) is 19.8. The number of hydrogen-bond donors (Lipinski definition) is 0. The van der Waals surface area contributed by atoms with Crippen LogP contribution in [0.25, 0.3) is 0 Å². The quantitative estimate of drug-likeness (QED) is 0.480. The molecule has 0 unspecified atom stereocenters. The van der Waals surface area contributed by atoms with Gasteiger partial charge in [-0.05, 0) is 80.5 Å². The predicted octanol–water partition coefficient (Wildman–Crippen LogP) is 6.47. The summed E-state index contributed by atoms with van der Waals surface area (Å²) in [5.41, 5.74) is 1.47. The maximum absolute atomic E-state index is 11.9. The number of rotatable bonds is 8. The van der Waals surface area contributed by atoms with Crippen molar-refractivity contribution in [2.75, 3.05) is 20.7 Å². The summed E-state index contributed by atoms with van der Waals surface area (Å²) in [6, 6.07) is 7.50. The number of carbonyl (C=O) groups excluding carboxylic acids is 1. The molecule has 2 saturated carbocycles. The van der Waals surface area contributed by atoms with Gasteiger partial charge in [-0.1, -0.05) is 38.5 Å². The summed E-state index contributed by atoms with van der Waals surface area (Å²) in [4.78, 5) is 13.5. The molecule has 0 aromatic heterocycles. The van der Waals surface area contributed by atoms with Gasteiger partial charge in [0.05, 0.1) is 6.61 Å². The highest BCUT2D eigenvalue weighted by atomic mass is 16.5. The third-order valence-corrected chi connectivity index (χ3v) is 7.11. The molecule has 0 aliphatic heterocycles. The van der Waals surface area contributed by atoms with Crippen LogP contribution in [0.5, 0.6) is 5.75 Å². The summed E-state index contributed by atoms with van der Waals surface area (Å²) in [5, 5.41) is 0. The number of amides is 1. The lowest BCUT2D eigenvalue weighted by Gasteiger charge is -2.43. The highest BCUT2D eigenvalue weighted by Crippen LogP contribution is 2.49. The Balaban J connectivity index is 1.25. The molecular formula is C25H39NO2. The molecule has 0 heterocycles. The second-order valence-corrected chi connectivity index (χ2v) is 9.43. The molecule has 1 amide bonds. The minimum atomic E-state index is 0.0312. The summed E-state index contributed by atoms with van der Waals surface area (Å²) in [6.07, 6.45) is 18.6. The van der Waals surface area contributed by atoms with Gasteiger partial charge in [-0.25, -0.2) is 0 Å². The highest BCUT2D eigenvalue weighted by Gasteiger charge is 2.35. The van der Waals surface area contributed by atoms with Crippen LogP contribution in [-0.2, 0) is 0 Å². The molecule has 0 bridgehead atoms. The Kier molecular flexibility index (Phi) is 7.82. The van der Waals surface area contributed by atoms with E-state index < -0.39 is 0 Å². The average Bonchev–Trinajstić information content (AvgIpc) is 2.72. The molecule has 1 aromatic carbocycles. The van der Waals surface area contributed by atoms with Crippen molar-refractivity contribution in [3.63, 3.8) is 0 Å². The van der Waals surface area contributed by atoms with Gasteiger partial charge in [-0.3, -0.25) is 4.79 Å². The number of hydrogen-bond acceptors (Lipinski definition) is 2. The molecule has 1 spiro atoms. The summed E-state index contributed by atoms with van der Waals surface area (Å²) in [6.45, 7) is 0.773. The molecule has 0 radical (unpaired) electrons. The van der Waals surface area contributed by atoms with Crippen LogP contribution < -0.4 is 4.74 Å². The van der Waals surface area contributed by atoms with Crippen molar-refractivity contribution in [3.8, 4) is 5.75 Å². The Labute approximate surface area is 171 Å². The zero-order valence-electron chi connectivity index (χ0n) is 18.0. The molecular weight excluding hydrogens is 346 g/mol. The first-order valence-corrected chi connectivity index (χ1v) is 11.5. The Morgan fingerprint density at radius 3 is 2.29 bits per heavy atom. The molecule has 2 aliphatic rings. The van der Waals surface area contributed by atoms with E-state index in [0.717, 1.165) is 30.1 Å². The van der Waals surface area contributed by atoms with Crippen LogP contribution in [0.4, 0.5) is 0 Å². The van der Waals surface area contributed by atoms with Crippen LogP contribution in [0.3, 0.4) is 0 Å². The van der Waals surface area contributed by atoms with Crippen LogP contribution in [0, 0.1) is 11.3 Å². The van der Waals surface area contributed by atoms with Crippen LogP contribution >= 0.6 is 0 Å². The van der Waals surface area contributed by atoms with E-state index >= 15 is 0 Å². The van der Waals surface area contributed by atoms with E-state index in [1.807, 2.05) is 24.3 Å². The van der Waals surface area contributed by atoms with Gasteiger partial charge in [0.25, 0.3) is 5.91 Å². The molecule has 1 aromatic rings. The van der Waals surface area contributed by atoms with Crippen molar-refractivity contribution in [1.29, 1.82) is 0 Å². The number of unbranched alkanes of at least 4 members (excludes halogenated alkanes) is 2. The van der Waals surface area contributed by atoms with E-state index in [1.165, 1.54) is 77.0 Å². The van der Waals surface area contributed by atoms with Crippen molar-refractivity contribution in [2.45, 2.75) is 83.5 Å². The summed E-state index contributed by atoms with van der Waals surface area (Å²) in [7, 11) is 3.54. The monoisotopic (exact) mass is 385 g/mol. The molecule has 156 valence electrons. The lowest BCUT2D eigenvalue weighted by Crippen LogP contribution is -2.29. The van der Waals surface area contributed by atoms with E-state index in [-0.39, 0.29) is 5.91 Å². The molecule has 3 rings (SSSR count). The normalized spacial score (nSPS) is 19.5. The number of ether oxygens (including phenoxy) is 1. The molecule has 0 atom stereocenters. The van der Waals surface area contributed by atoms with Gasteiger partial charge in [-0.2, -0.15) is 0 Å². The van der Waals surface area contributed by atoms with E-state index in [0.29, 0.717) is 5.56 Å². The maximum atomic E-state index is 11.9. The van der Waals surface area contributed by atoms with Crippen molar-refractivity contribution in [2.24, 2.45) is 11.3 Å². The molecule has 2 fully saturated rings. The standard InChI is InChI=1S/C25H39NO2/c1-26(2)24(27)22-10-12-23(13-11-22)28-20-8-3-5-9-21-14-18-25(19-15-21)16-6-4-7-17-25/h10-13,21H,3-9,14-20H2,1-2H3. The number of benzene rings is 1. The fourth-order valence-corrected chi connectivity index (χ4v) is 5.23. The van der Waals surface area contributed by atoms with Crippen LogP contribution in [0.15, 0.2) is 24.3 Å². The van der Waals surface area contributed by atoms with Gasteiger partial charge in [-0.15, -0.1) is 0 Å². The fraction of sp³-hybridized carbons (Fsp3) is 0.720. The summed E-state index contributed by atoms with van der Waals surface area (Å²) < 4.78 is 5.84. The van der Waals surface area contributed by atoms with E-state index in [1.54, 1.807) is 19.0 Å². The topological polar surface area (TPSA) is 29.5 Å². The third-order valence-electron chi connectivity index (χ3n) is 7.11. The number of carbonyl (C=O) groups is 1. The van der Waals surface area contributed by atoms with E-state index in [9.17, 15) is 4.79 Å². The van der Waals surface area contributed by atoms with E-state index in [4.69, 9.17) is 4.74 Å². The smallest absolute Gasteiger partial charge is 0.253 e. The maximum Gasteiger partial charge on any atom is 0.253 e. The minimum absolute atomic E-state index is 0.0312. The largest absolute Gasteiger partial charge is 0.494 e. The second kappa shape index (κ2) is 10.3. The Bertz CT molecular complexity index is 591. The van der Waals surface area contributed by atoms with Crippen LogP contribution in [-0.4, -0.2) is 31.5 Å². The minimum Gasteiger partial charge on any atom is -0.494 e. The molecule has 3 heteroatoms. The van der Waals surface area contributed by atoms with Crippen molar-refractivity contribution < 1.29 is 9.53 Å². The molecule has 0 N–H and O–H groups in total. The van der Waals surface area contributed by atoms with Gasteiger partial charge in [0.2, 0.25) is 0 Å². The molecule has 2 aliphatic carbocycles. The lowest BCUT2D eigenvalue weighted by atomic mass is 9.63. The zero-order valence-corrected chi connectivity index (χ0v) is 18.0. The van der Waals surface area contributed by atoms with Gasteiger partial charge in [0.15, 0.2) is 0 Å². The Morgan fingerprint density at radius 2 is 1.64 bits per heavy atom. The average molecular weight is 386 g/mol. The van der Waals surface area contributed by atoms with Gasteiger partial charge in [0.1, 0.15) is 5.75 Å². The first-order valence-electron chi connectivity index (χ1n) is 11.5. The predicted molar refractivity (Wildman–Crippen MR) is 116 cm³/mol. The molecule has 3 nitrogen and oxygen atoms in total. The molecule has 28 heavy (non-hydrogen) atoms. The van der Waals surface area contributed by atoms with Gasteiger partial charge in [0, 0.05) is 19.7 Å². The molecule has 0 saturated heterocycles. The van der Waals surface area contributed by atoms with Crippen LogP contribution in [0.1, 0.15) is 93.8 Å². The fourth-order valence-electron chi connectivity index (χ4n) is 5.23. The van der Waals surface area contributed by atoms with E-state index in [2.05, 4.69) is 0 Å². The SMILES string of the molecule is CN(C)C(=O)c1ccc(OCCCCCC2CCC3(CCCCC3)CC2)cc1. The summed E-state index contributed by atoms with van der Waals surface area (Å²) >= 11 is 0. The van der Waals surface area contributed by atoms with Crippen LogP contribution in [0.2, 0.25) is 0 Å². The van der Waals surface area contributed by atoms with Crippen molar-refractivity contribution in [1.82, 2.24) is 4.90 Å². The van der Waals surface area contributed by atoms with Crippen molar-refractivity contribution in [3.05, 3.63) is 29.8 Å². The van der Waals surface area contributed by atoms with Gasteiger partial charge < -0.3 is 9.64 Å². The summed E-state index contributed by atoms with van der Waals surface area (Å²) in [5.74, 6) is 1.87. The third kappa shape index (κ3) is 5.99. The first kappa shape index (κ1) is 21.2. The Hall–Kier alpha value is -1.51. The Morgan fingerprint density at radius 1 is 0.964 bits per heavy atom.